The second kappa shape index (κ2) is 4.44. The molecular weight excluding hydrogens is 259 g/mol. The van der Waals surface area contributed by atoms with Crippen LogP contribution in [0, 0.1) is 11.7 Å². The van der Waals surface area contributed by atoms with Crippen molar-refractivity contribution >= 4 is 21.7 Å². The van der Waals surface area contributed by atoms with Crippen LogP contribution in [0.5, 0.6) is 0 Å². The van der Waals surface area contributed by atoms with Crippen molar-refractivity contribution in [2.24, 2.45) is 5.92 Å². The SMILES string of the molecule is O=C(c1cccc(F)c1Br)C1CCCC1. The smallest absolute Gasteiger partial charge is 0.167 e. The van der Waals surface area contributed by atoms with Gasteiger partial charge in [0.2, 0.25) is 0 Å². The Morgan fingerprint density at radius 1 is 1.33 bits per heavy atom. The molecule has 0 aromatic heterocycles. The van der Waals surface area contributed by atoms with Gasteiger partial charge < -0.3 is 0 Å². The molecule has 15 heavy (non-hydrogen) atoms. The van der Waals surface area contributed by atoms with Gasteiger partial charge in [-0.3, -0.25) is 4.79 Å². The quantitative estimate of drug-likeness (QED) is 0.744. The maximum atomic E-state index is 13.2. The van der Waals surface area contributed by atoms with E-state index in [2.05, 4.69) is 15.9 Å². The van der Waals surface area contributed by atoms with Gasteiger partial charge in [-0.1, -0.05) is 25.0 Å². The van der Waals surface area contributed by atoms with Crippen molar-refractivity contribution in [2.75, 3.05) is 0 Å². The molecule has 2 rings (SSSR count). The topological polar surface area (TPSA) is 17.1 Å². The molecule has 0 amide bonds. The summed E-state index contributed by atoms with van der Waals surface area (Å²) in [6, 6.07) is 4.63. The number of Topliss-reactive ketones (excluding diaryl/α,β-unsaturated/α-hetero) is 1. The Morgan fingerprint density at radius 3 is 2.67 bits per heavy atom. The first kappa shape index (κ1) is 10.8. The van der Waals surface area contributed by atoms with E-state index in [4.69, 9.17) is 0 Å². The lowest BCUT2D eigenvalue weighted by Crippen LogP contribution is -2.12. The van der Waals surface area contributed by atoms with Gasteiger partial charge in [0.25, 0.3) is 0 Å². The van der Waals surface area contributed by atoms with Crippen molar-refractivity contribution in [3.05, 3.63) is 34.1 Å². The van der Waals surface area contributed by atoms with E-state index in [0.717, 1.165) is 25.7 Å². The van der Waals surface area contributed by atoms with E-state index in [-0.39, 0.29) is 17.5 Å². The zero-order valence-corrected chi connectivity index (χ0v) is 9.89. The highest BCUT2D eigenvalue weighted by Gasteiger charge is 2.25. The minimum absolute atomic E-state index is 0.0823. The van der Waals surface area contributed by atoms with Crippen LogP contribution in [-0.4, -0.2) is 5.78 Å². The lowest BCUT2D eigenvalue weighted by Gasteiger charge is -2.09. The Balaban J connectivity index is 2.28. The largest absolute Gasteiger partial charge is 0.294 e. The summed E-state index contributed by atoms with van der Waals surface area (Å²) in [4.78, 5) is 12.0. The molecule has 1 nitrogen and oxygen atoms in total. The molecule has 0 atom stereocenters. The van der Waals surface area contributed by atoms with E-state index in [1.54, 1.807) is 12.1 Å². The molecule has 1 aliphatic rings. The number of halogens is 2. The molecule has 0 radical (unpaired) electrons. The first-order valence-corrected chi connectivity index (χ1v) is 5.97. The molecule has 1 aliphatic carbocycles. The number of carbonyl (C=O) groups excluding carboxylic acids is 1. The summed E-state index contributed by atoms with van der Waals surface area (Å²) in [5.74, 6) is -0.180. The highest BCUT2D eigenvalue weighted by Crippen LogP contribution is 2.31. The van der Waals surface area contributed by atoms with Crippen molar-refractivity contribution in [1.82, 2.24) is 0 Å². The van der Waals surface area contributed by atoms with Crippen molar-refractivity contribution in [3.8, 4) is 0 Å². The minimum Gasteiger partial charge on any atom is -0.294 e. The summed E-state index contributed by atoms with van der Waals surface area (Å²) in [5.41, 5.74) is 0.488. The lowest BCUT2D eigenvalue weighted by atomic mass is 9.96. The molecule has 0 aliphatic heterocycles. The molecule has 1 fully saturated rings. The number of hydrogen-bond acceptors (Lipinski definition) is 1. The first-order chi connectivity index (χ1) is 7.20. The van der Waals surface area contributed by atoms with Gasteiger partial charge in [-0.25, -0.2) is 4.39 Å². The first-order valence-electron chi connectivity index (χ1n) is 5.18. The summed E-state index contributed by atoms with van der Waals surface area (Å²) in [5, 5.41) is 0. The monoisotopic (exact) mass is 270 g/mol. The highest BCUT2D eigenvalue weighted by atomic mass is 79.9. The van der Waals surface area contributed by atoms with Crippen molar-refractivity contribution < 1.29 is 9.18 Å². The Labute approximate surface area is 96.8 Å². The van der Waals surface area contributed by atoms with E-state index >= 15 is 0 Å². The van der Waals surface area contributed by atoms with Crippen LogP contribution in [0.1, 0.15) is 36.0 Å². The Kier molecular flexibility index (Phi) is 3.19. The molecule has 0 spiro atoms. The number of ketones is 1. The van der Waals surface area contributed by atoms with Crippen LogP contribution in [0.2, 0.25) is 0 Å². The van der Waals surface area contributed by atoms with Crippen LogP contribution in [0.4, 0.5) is 4.39 Å². The Morgan fingerprint density at radius 2 is 2.00 bits per heavy atom. The maximum Gasteiger partial charge on any atom is 0.167 e. The Hall–Kier alpha value is -0.700. The van der Waals surface area contributed by atoms with Crippen LogP contribution < -0.4 is 0 Å². The number of carbonyl (C=O) groups is 1. The fourth-order valence-electron chi connectivity index (χ4n) is 2.10. The second-order valence-electron chi connectivity index (χ2n) is 3.95. The van der Waals surface area contributed by atoms with Crippen LogP contribution in [0.3, 0.4) is 0 Å². The summed E-state index contributed by atoms with van der Waals surface area (Å²) in [6.45, 7) is 0. The van der Waals surface area contributed by atoms with Gasteiger partial charge in [-0.15, -0.1) is 0 Å². The van der Waals surface area contributed by atoms with E-state index in [1.165, 1.54) is 6.07 Å². The van der Waals surface area contributed by atoms with Crippen LogP contribution >= 0.6 is 15.9 Å². The predicted molar refractivity (Wildman–Crippen MR) is 60.4 cm³/mol. The van der Waals surface area contributed by atoms with Crippen LogP contribution in [-0.2, 0) is 0 Å². The van der Waals surface area contributed by atoms with Crippen molar-refractivity contribution in [1.29, 1.82) is 0 Å². The molecule has 1 saturated carbocycles. The lowest BCUT2D eigenvalue weighted by molar-refractivity contribution is 0.0921. The fraction of sp³-hybridized carbons (Fsp3) is 0.417. The fourth-order valence-corrected chi connectivity index (χ4v) is 2.56. The molecule has 0 unspecified atom stereocenters. The summed E-state index contributed by atoms with van der Waals surface area (Å²) in [7, 11) is 0. The zero-order valence-electron chi connectivity index (χ0n) is 8.30. The van der Waals surface area contributed by atoms with Gasteiger partial charge in [-0.05, 0) is 34.8 Å². The average molecular weight is 271 g/mol. The summed E-state index contributed by atoms with van der Waals surface area (Å²) in [6.07, 6.45) is 4.12. The molecule has 0 bridgehead atoms. The van der Waals surface area contributed by atoms with Crippen LogP contribution in [0.15, 0.2) is 22.7 Å². The van der Waals surface area contributed by atoms with Crippen molar-refractivity contribution in [3.63, 3.8) is 0 Å². The third-order valence-electron chi connectivity index (χ3n) is 2.94. The third kappa shape index (κ3) is 2.12. The molecular formula is C12H12BrFO. The standard InChI is InChI=1S/C12H12BrFO/c13-11-9(6-3-7-10(11)14)12(15)8-4-1-2-5-8/h3,6-8H,1-2,4-5H2. The molecule has 3 heteroatoms. The number of benzene rings is 1. The molecule has 1 aromatic carbocycles. The summed E-state index contributed by atoms with van der Waals surface area (Å²) >= 11 is 3.13. The maximum absolute atomic E-state index is 13.2. The van der Waals surface area contributed by atoms with E-state index in [0.29, 0.717) is 10.0 Å². The van der Waals surface area contributed by atoms with E-state index in [9.17, 15) is 9.18 Å². The van der Waals surface area contributed by atoms with Gasteiger partial charge in [0.15, 0.2) is 5.78 Å². The van der Waals surface area contributed by atoms with E-state index in [1.807, 2.05) is 0 Å². The molecule has 0 N–H and O–H groups in total. The van der Waals surface area contributed by atoms with Crippen LogP contribution in [0.25, 0.3) is 0 Å². The minimum atomic E-state index is -0.362. The molecule has 0 heterocycles. The normalized spacial score (nSPS) is 16.9. The Bertz CT molecular complexity index is 383. The zero-order chi connectivity index (χ0) is 10.8. The van der Waals surface area contributed by atoms with Gasteiger partial charge in [0.05, 0.1) is 4.47 Å². The summed E-state index contributed by atoms with van der Waals surface area (Å²) < 4.78 is 13.5. The number of hydrogen-bond donors (Lipinski definition) is 0. The van der Waals surface area contributed by atoms with Gasteiger partial charge in [-0.2, -0.15) is 0 Å². The third-order valence-corrected chi connectivity index (χ3v) is 3.75. The van der Waals surface area contributed by atoms with Gasteiger partial charge in [0, 0.05) is 11.5 Å². The second-order valence-corrected chi connectivity index (χ2v) is 4.74. The van der Waals surface area contributed by atoms with Crippen molar-refractivity contribution in [2.45, 2.75) is 25.7 Å². The highest BCUT2D eigenvalue weighted by molar-refractivity contribution is 9.10. The van der Waals surface area contributed by atoms with Gasteiger partial charge in [0.1, 0.15) is 5.82 Å². The molecule has 80 valence electrons. The molecule has 0 saturated heterocycles. The predicted octanol–water partition coefficient (Wildman–Crippen LogP) is 3.96. The molecule has 1 aromatic rings. The van der Waals surface area contributed by atoms with E-state index < -0.39 is 0 Å². The number of rotatable bonds is 2. The van der Waals surface area contributed by atoms with Gasteiger partial charge >= 0.3 is 0 Å². The average Bonchev–Trinajstić information content (AvgIpc) is 2.74.